The highest BCUT2D eigenvalue weighted by Crippen LogP contribution is 2.06. The average Bonchev–Trinajstić information content (AvgIpc) is 2.44. The van der Waals surface area contributed by atoms with E-state index in [1.165, 1.54) is 5.56 Å². The monoisotopic (exact) mass is 296 g/mol. The second-order valence-electron chi connectivity index (χ2n) is 4.77. The van der Waals surface area contributed by atoms with Gasteiger partial charge in [-0.15, -0.1) is 19.0 Å². The third-order valence-corrected chi connectivity index (χ3v) is 3.11. The third-order valence-electron chi connectivity index (χ3n) is 3.11. The van der Waals surface area contributed by atoms with Crippen molar-refractivity contribution >= 4 is 18.3 Å². The van der Waals surface area contributed by atoms with Gasteiger partial charge in [-0.3, -0.25) is 4.79 Å². The van der Waals surface area contributed by atoms with Gasteiger partial charge in [0.25, 0.3) is 0 Å². The summed E-state index contributed by atoms with van der Waals surface area (Å²) in [4.78, 5) is 14.2. The van der Waals surface area contributed by atoms with Crippen LogP contribution in [0.1, 0.15) is 12.5 Å². The van der Waals surface area contributed by atoms with Crippen molar-refractivity contribution in [3.8, 4) is 0 Å². The second-order valence-corrected chi connectivity index (χ2v) is 4.77. The number of rotatable bonds is 8. The minimum Gasteiger partial charge on any atom is -0.338 e. The van der Waals surface area contributed by atoms with E-state index in [2.05, 4.69) is 24.0 Å². The van der Waals surface area contributed by atoms with E-state index in [4.69, 9.17) is 0 Å². The molecule has 0 saturated carbocycles. The number of amides is 1. The Balaban J connectivity index is 0.00000361. The standard InChI is InChI=1S/C16H24N2O.ClH/c1-4-11-18(16(19)14(2)13-17-3)12-10-15-8-6-5-7-9-15;/h4-9,14,17H,1,10-13H2,2-3H3;1H. The molecule has 0 heterocycles. The van der Waals surface area contributed by atoms with Gasteiger partial charge in [-0.2, -0.15) is 0 Å². The highest BCUT2D eigenvalue weighted by molar-refractivity contribution is 5.85. The zero-order chi connectivity index (χ0) is 14.1. The first-order valence-electron chi connectivity index (χ1n) is 6.77. The fraction of sp³-hybridized carbons (Fsp3) is 0.438. The highest BCUT2D eigenvalue weighted by Gasteiger charge is 2.18. The molecule has 1 aromatic carbocycles. The normalized spacial score (nSPS) is 11.3. The van der Waals surface area contributed by atoms with Gasteiger partial charge in [-0.05, 0) is 19.0 Å². The van der Waals surface area contributed by atoms with Crippen LogP contribution in [0.5, 0.6) is 0 Å². The van der Waals surface area contributed by atoms with Crippen LogP contribution >= 0.6 is 12.4 Å². The van der Waals surface area contributed by atoms with E-state index >= 15 is 0 Å². The molecule has 0 aliphatic carbocycles. The highest BCUT2D eigenvalue weighted by atomic mass is 35.5. The number of carbonyl (C=O) groups is 1. The molecule has 0 aliphatic rings. The Hall–Kier alpha value is -1.32. The molecule has 3 nitrogen and oxygen atoms in total. The lowest BCUT2D eigenvalue weighted by molar-refractivity contribution is -0.134. The lowest BCUT2D eigenvalue weighted by atomic mass is 10.1. The molecule has 1 aromatic rings. The summed E-state index contributed by atoms with van der Waals surface area (Å²) in [6.45, 7) is 7.75. The maximum Gasteiger partial charge on any atom is 0.226 e. The minimum atomic E-state index is 0. The first kappa shape index (κ1) is 18.7. The molecular weight excluding hydrogens is 272 g/mol. The molecule has 1 amide bonds. The third kappa shape index (κ3) is 6.22. The summed E-state index contributed by atoms with van der Waals surface area (Å²) in [6.07, 6.45) is 2.67. The zero-order valence-electron chi connectivity index (χ0n) is 12.3. The Morgan fingerprint density at radius 2 is 2.05 bits per heavy atom. The lowest BCUT2D eigenvalue weighted by Gasteiger charge is -2.24. The predicted molar refractivity (Wildman–Crippen MR) is 87.3 cm³/mol. The molecule has 112 valence electrons. The van der Waals surface area contributed by atoms with E-state index in [0.717, 1.165) is 13.0 Å². The number of nitrogens with zero attached hydrogens (tertiary/aromatic N) is 1. The minimum absolute atomic E-state index is 0. The molecule has 20 heavy (non-hydrogen) atoms. The fourth-order valence-corrected chi connectivity index (χ4v) is 2.06. The first-order chi connectivity index (χ1) is 9.19. The summed E-state index contributed by atoms with van der Waals surface area (Å²) < 4.78 is 0. The van der Waals surface area contributed by atoms with Crippen LogP contribution in [-0.4, -0.2) is 37.5 Å². The summed E-state index contributed by atoms with van der Waals surface area (Å²) in [7, 11) is 1.87. The first-order valence-corrected chi connectivity index (χ1v) is 6.77. The van der Waals surface area contributed by atoms with Crippen LogP contribution in [0.3, 0.4) is 0 Å². The van der Waals surface area contributed by atoms with Crippen LogP contribution in [0.25, 0.3) is 0 Å². The molecule has 0 saturated heterocycles. The Kier molecular flexibility index (Phi) is 9.77. The van der Waals surface area contributed by atoms with Crippen molar-refractivity contribution in [1.29, 1.82) is 0 Å². The van der Waals surface area contributed by atoms with Gasteiger partial charge >= 0.3 is 0 Å². The maximum absolute atomic E-state index is 12.3. The number of benzene rings is 1. The fourth-order valence-electron chi connectivity index (χ4n) is 2.06. The van der Waals surface area contributed by atoms with Crippen LogP contribution in [-0.2, 0) is 11.2 Å². The Bertz CT molecular complexity index is 395. The van der Waals surface area contributed by atoms with E-state index in [1.807, 2.05) is 37.1 Å². The number of hydrogen-bond acceptors (Lipinski definition) is 2. The van der Waals surface area contributed by atoms with Crippen LogP contribution in [0.2, 0.25) is 0 Å². The van der Waals surface area contributed by atoms with Gasteiger partial charge in [0.1, 0.15) is 0 Å². The largest absolute Gasteiger partial charge is 0.338 e. The maximum atomic E-state index is 12.3. The van der Waals surface area contributed by atoms with Crippen molar-refractivity contribution in [2.75, 3.05) is 26.7 Å². The summed E-state index contributed by atoms with van der Waals surface area (Å²) in [6, 6.07) is 10.2. The van der Waals surface area contributed by atoms with Gasteiger partial charge in [0.05, 0.1) is 0 Å². The summed E-state index contributed by atoms with van der Waals surface area (Å²) in [5.41, 5.74) is 1.26. The molecule has 1 unspecified atom stereocenters. The number of halogens is 1. The molecule has 0 spiro atoms. The van der Waals surface area contributed by atoms with Crippen molar-refractivity contribution in [1.82, 2.24) is 10.2 Å². The molecule has 0 aromatic heterocycles. The van der Waals surface area contributed by atoms with E-state index in [-0.39, 0.29) is 24.2 Å². The Morgan fingerprint density at radius 1 is 1.40 bits per heavy atom. The van der Waals surface area contributed by atoms with Crippen LogP contribution in [0.15, 0.2) is 43.0 Å². The SMILES string of the molecule is C=CCN(CCc1ccccc1)C(=O)C(C)CNC.Cl. The van der Waals surface area contributed by atoms with Crippen molar-refractivity contribution in [3.63, 3.8) is 0 Å². The van der Waals surface area contributed by atoms with E-state index < -0.39 is 0 Å². The lowest BCUT2D eigenvalue weighted by Crippen LogP contribution is -2.39. The molecular formula is C16H25ClN2O. The molecule has 1 atom stereocenters. The molecule has 0 fully saturated rings. The summed E-state index contributed by atoms with van der Waals surface area (Å²) in [5.74, 6) is 0.186. The molecule has 1 rings (SSSR count). The molecule has 1 N–H and O–H groups in total. The average molecular weight is 297 g/mol. The van der Waals surface area contributed by atoms with Gasteiger partial charge in [-0.1, -0.05) is 43.3 Å². The quantitative estimate of drug-likeness (QED) is 0.748. The second kappa shape index (κ2) is 10.5. The summed E-state index contributed by atoms with van der Waals surface area (Å²) >= 11 is 0. The zero-order valence-corrected chi connectivity index (χ0v) is 13.2. The topological polar surface area (TPSA) is 32.3 Å². The van der Waals surface area contributed by atoms with Crippen LogP contribution in [0.4, 0.5) is 0 Å². The van der Waals surface area contributed by atoms with Crippen molar-refractivity contribution in [3.05, 3.63) is 48.6 Å². The number of carbonyl (C=O) groups excluding carboxylic acids is 1. The molecule has 0 bridgehead atoms. The van der Waals surface area contributed by atoms with Crippen molar-refractivity contribution < 1.29 is 4.79 Å². The van der Waals surface area contributed by atoms with E-state index in [9.17, 15) is 4.79 Å². The number of hydrogen-bond donors (Lipinski definition) is 1. The van der Waals surface area contributed by atoms with Gasteiger partial charge in [0.2, 0.25) is 5.91 Å². The van der Waals surface area contributed by atoms with Crippen LogP contribution in [0, 0.1) is 5.92 Å². The van der Waals surface area contributed by atoms with E-state index in [1.54, 1.807) is 6.08 Å². The van der Waals surface area contributed by atoms with Crippen molar-refractivity contribution in [2.24, 2.45) is 5.92 Å². The van der Waals surface area contributed by atoms with Crippen molar-refractivity contribution in [2.45, 2.75) is 13.3 Å². The Morgan fingerprint density at radius 3 is 2.60 bits per heavy atom. The van der Waals surface area contributed by atoms with Gasteiger partial charge < -0.3 is 10.2 Å². The van der Waals surface area contributed by atoms with Crippen LogP contribution < -0.4 is 5.32 Å². The van der Waals surface area contributed by atoms with E-state index in [0.29, 0.717) is 13.1 Å². The molecule has 4 heteroatoms. The van der Waals surface area contributed by atoms with Gasteiger partial charge in [-0.25, -0.2) is 0 Å². The summed E-state index contributed by atoms with van der Waals surface area (Å²) in [5, 5.41) is 3.05. The van der Waals surface area contributed by atoms with Gasteiger partial charge in [0.15, 0.2) is 0 Å². The molecule has 0 radical (unpaired) electrons. The smallest absolute Gasteiger partial charge is 0.226 e. The predicted octanol–water partition coefficient (Wildman–Crippen LogP) is 2.52. The number of nitrogens with one attached hydrogen (secondary N) is 1. The van der Waals surface area contributed by atoms with Gasteiger partial charge in [0, 0.05) is 25.6 Å². The molecule has 0 aliphatic heterocycles. The Labute approximate surface area is 128 Å².